The molecule has 0 aliphatic carbocycles. The van der Waals surface area contributed by atoms with E-state index in [0.717, 1.165) is 0 Å². The molecule has 0 aromatic carbocycles. The van der Waals surface area contributed by atoms with E-state index in [0.29, 0.717) is 6.42 Å². The largest absolute Gasteiger partial charge is 0.349 e. The minimum Gasteiger partial charge on any atom is -0.246 e. The van der Waals surface area contributed by atoms with Crippen LogP contribution in [-0.2, 0) is 9.84 Å². The number of sulfone groups is 1. The van der Waals surface area contributed by atoms with E-state index in [1.54, 1.807) is 6.92 Å². The van der Waals surface area contributed by atoms with Crippen molar-refractivity contribution in [3.8, 4) is 0 Å². The van der Waals surface area contributed by atoms with Gasteiger partial charge in [-0.3, -0.25) is 0 Å². The number of nitrogens with one attached hydrogen (secondary N) is 1. The first-order valence-corrected chi connectivity index (χ1v) is 7.38. The molecule has 98 valence electrons. The predicted molar refractivity (Wildman–Crippen MR) is 65.7 cm³/mol. The van der Waals surface area contributed by atoms with Gasteiger partial charge in [0.1, 0.15) is 5.82 Å². The molecule has 9 heteroatoms. The summed E-state index contributed by atoms with van der Waals surface area (Å²) in [5.74, 6) is 0.464. The number of alkyl halides is 1. The van der Waals surface area contributed by atoms with E-state index in [2.05, 4.69) is 15.2 Å². The maximum Gasteiger partial charge on any atom is 0.349 e. The molecule has 0 saturated carbocycles. The van der Waals surface area contributed by atoms with Crippen molar-refractivity contribution >= 4 is 27.1 Å². The van der Waals surface area contributed by atoms with Crippen molar-refractivity contribution in [1.82, 2.24) is 19.6 Å². The van der Waals surface area contributed by atoms with Crippen molar-refractivity contribution in [2.75, 3.05) is 11.6 Å². The molecule has 2 heterocycles. The highest BCUT2D eigenvalue weighted by Crippen LogP contribution is 2.12. The zero-order chi connectivity index (χ0) is 13.3. The van der Waals surface area contributed by atoms with E-state index in [1.807, 2.05) is 0 Å². The van der Waals surface area contributed by atoms with Gasteiger partial charge in [-0.05, 0) is 13.3 Å². The Hall–Kier alpha value is -1.41. The van der Waals surface area contributed by atoms with Gasteiger partial charge in [0.15, 0.2) is 20.5 Å². The standard InChI is InChI=1S/C9H11ClN4O3S/c1-6-11-8(18(16,17)4-2-3-10)5-7-12-13-9(15)14(6)7/h5H,2-4H2,1H3,(H,13,15). The Balaban J connectivity index is 2.57. The van der Waals surface area contributed by atoms with Crippen molar-refractivity contribution in [3.05, 3.63) is 22.4 Å². The van der Waals surface area contributed by atoms with Crippen LogP contribution in [0.1, 0.15) is 12.2 Å². The van der Waals surface area contributed by atoms with Crippen LogP contribution >= 0.6 is 11.6 Å². The second-order valence-electron chi connectivity index (χ2n) is 3.73. The van der Waals surface area contributed by atoms with Crippen LogP contribution < -0.4 is 5.69 Å². The quantitative estimate of drug-likeness (QED) is 0.637. The summed E-state index contributed by atoms with van der Waals surface area (Å²) in [6.45, 7) is 1.55. The van der Waals surface area contributed by atoms with Crippen molar-refractivity contribution in [2.24, 2.45) is 0 Å². The Bertz CT molecular complexity index is 734. The average Bonchev–Trinajstić information content (AvgIpc) is 2.69. The number of H-pyrrole nitrogens is 1. The van der Waals surface area contributed by atoms with E-state index in [9.17, 15) is 13.2 Å². The van der Waals surface area contributed by atoms with Gasteiger partial charge < -0.3 is 0 Å². The molecule has 0 fully saturated rings. The van der Waals surface area contributed by atoms with Crippen LogP contribution in [0.5, 0.6) is 0 Å². The molecule has 1 N–H and O–H groups in total. The third-order valence-electron chi connectivity index (χ3n) is 2.41. The van der Waals surface area contributed by atoms with Crippen LogP contribution in [0.25, 0.3) is 5.65 Å². The lowest BCUT2D eigenvalue weighted by atomic mass is 10.5. The van der Waals surface area contributed by atoms with Crippen molar-refractivity contribution < 1.29 is 8.42 Å². The second-order valence-corrected chi connectivity index (χ2v) is 6.16. The molecule has 0 unspecified atom stereocenters. The molecule has 0 spiro atoms. The van der Waals surface area contributed by atoms with Crippen LogP contribution in [0.4, 0.5) is 0 Å². The van der Waals surface area contributed by atoms with Crippen LogP contribution in [0, 0.1) is 6.92 Å². The zero-order valence-corrected chi connectivity index (χ0v) is 11.1. The smallest absolute Gasteiger partial charge is 0.246 e. The molecule has 2 aromatic heterocycles. The minimum atomic E-state index is -3.49. The summed E-state index contributed by atoms with van der Waals surface area (Å²) >= 11 is 5.48. The Morgan fingerprint density at radius 2 is 2.22 bits per heavy atom. The fourth-order valence-corrected chi connectivity index (χ4v) is 3.16. The Morgan fingerprint density at radius 3 is 2.89 bits per heavy atom. The molecule has 0 atom stereocenters. The zero-order valence-electron chi connectivity index (χ0n) is 9.55. The Morgan fingerprint density at radius 1 is 1.50 bits per heavy atom. The molecule has 7 nitrogen and oxygen atoms in total. The third-order valence-corrected chi connectivity index (χ3v) is 4.35. The number of fused-ring (bicyclic) bond motifs is 1. The normalized spacial score (nSPS) is 12.1. The Labute approximate surface area is 108 Å². The molecule has 0 amide bonds. The van der Waals surface area contributed by atoms with E-state index in [1.165, 1.54) is 10.5 Å². The molecule has 2 aromatic rings. The molecule has 0 bridgehead atoms. The van der Waals surface area contributed by atoms with Gasteiger partial charge in [-0.25, -0.2) is 27.7 Å². The first kappa shape index (κ1) is 13.0. The number of aryl methyl sites for hydroxylation is 1. The molecule has 2 rings (SSSR count). The summed E-state index contributed by atoms with van der Waals surface area (Å²) in [6, 6.07) is 1.27. The van der Waals surface area contributed by atoms with Crippen LogP contribution in [0.15, 0.2) is 15.9 Å². The summed E-state index contributed by atoms with van der Waals surface area (Å²) in [7, 11) is -3.49. The predicted octanol–water partition coefficient (Wildman–Crippen LogP) is 0.129. The Kier molecular flexibility index (Phi) is 3.40. The van der Waals surface area contributed by atoms with Gasteiger partial charge in [-0.2, -0.15) is 5.10 Å². The summed E-state index contributed by atoms with van der Waals surface area (Å²) < 4.78 is 25.1. The first-order chi connectivity index (χ1) is 8.45. The number of aromatic nitrogens is 4. The van der Waals surface area contributed by atoms with Gasteiger partial charge in [-0.15, -0.1) is 11.6 Å². The average molecular weight is 291 g/mol. The van der Waals surface area contributed by atoms with E-state index < -0.39 is 15.5 Å². The maximum absolute atomic E-state index is 11.9. The topological polar surface area (TPSA) is 97.2 Å². The number of hydrogen-bond donors (Lipinski definition) is 1. The van der Waals surface area contributed by atoms with Gasteiger partial charge in [0.2, 0.25) is 0 Å². The fourth-order valence-electron chi connectivity index (χ4n) is 1.58. The van der Waals surface area contributed by atoms with Gasteiger partial charge >= 0.3 is 5.69 Å². The summed E-state index contributed by atoms with van der Waals surface area (Å²) in [5.41, 5.74) is -0.211. The first-order valence-electron chi connectivity index (χ1n) is 5.19. The number of rotatable bonds is 4. The highest BCUT2D eigenvalue weighted by atomic mass is 35.5. The van der Waals surface area contributed by atoms with Crippen LogP contribution in [0.2, 0.25) is 0 Å². The minimum absolute atomic E-state index is 0.0756. The molecule has 0 saturated heterocycles. The maximum atomic E-state index is 11.9. The number of aromatic amines is 1. The number of halogens is 1. The third kappa shape index (κ3) is 2.25. The fraction of sp³-hybridized carbons (Fsp3) is 0.444. The van der Waals surface area contributed by atoms with Gasteiger partial charge in [0.05, 0.1) is 5.75 Å². The number of nitrogens with zero attached hydrogens (tertiary/aromatic N) is 3. The van der Waals surface area contributed by atoms with E-state index in [4.69, 9.17) is 11.6 Å². The molecular formula is C9H11ClN4O3S. The van der Waals surface area contributed by atoms with Crippen molar-refractivity contribution in [1.29, 1.82) is 0 Å². The lowest BCUT2D eigenvalue weighted by Gasteiger charge is -2.04. The van der Waals surface area contributed by atoms with Crippen LogP contribution in [0.3, 0.4) is 0 Å². The van der Waals surface area contributed by atoms with E-state index in [-0.39, 0.29) is 28.1 Å². The van der Waals surface area contributed by atoms with Gasteiger partial charge in [0.25, 0.3) is 0 Å². The molecule has 0 aliphatic heterocycles. The molecule has 18 heavy (non-hydrogen) atoms. The summed E-state index contributed by atoms with van der Waals surface area (Å²) in [6.07, 6.45) is 0.350. The highest BCUT2D eigenvalue weighted by molar-refractivity contribution is 7.91. The molecule has 0 aliphatic rings. The van der Waals surface area contributed by atoms with Gasteiger partial charge in [-0.1, -0.05) is 0 Å². The van der Waals surface area contributed by atoms with Crippen LogP contribution in [-0.4, -0.2) is 39.6 Å². The van der Waals surface area contributed by atoms with Gasteiger partial charge in [0, 0.05) is 11.9 Å². The second kappa shape index (κ2) is 4.69. The molecule has 0 radical (unpaired) electrons. The van der Waals surface area contributed by atoms with Crippen molar-refractivity contribution in [3.63, 3.8) is 0 Å². The highest BCUT2D eigenvalue weighted by Gasteiger charge is 2.18. The SMILES string of the molecule is Cc1nc(S(=O)(=O)CCCCl)cc2n[nH]c(=O)n12. The summed E-state index contributed by atoms with van der Waals surface area (Å²) in [4.78, 5) is 15.3. The summed E-state index contributed by atoms with van der Waals surface area (Å²) in [5, 5.41) is 5.88. The number of hydrogen-bond acceptors (Lipinski definition) is 5. The molecular weight excluding hydrogens is 280 g/mol. The monoisotopic (exact) mass is 290 g/mol. The van der Waals surface area contributed by atoms with Crippen molar-refractivity contribution in [2.45, 2.75) is 18.4 Å². The lowest BCUT2D eigenvalue weighted by Crippen LogP contribution is -2.16. The lowest BCUT2D eigenvalue weighted by molar-refractivity contribution is 0.590. The van der Waals surface area contributed by atoms with E-state index >= 15 is 0 Å².